The Morgan fingerprint density at radius 1 is 0.321 bits per heavy atom. The quantitative estimate of drug-likeness (QED) is 0.0169. The number of phosphoric acid groups is 2. The van der Waals surface area contributed by atoms with E-state index in [9.17, 15) is 43.2 Å². The first-order valence-electron chi connectivity index (χ1n) is 33.7. The molecule has 0 radical (unpaired) electrons. The van der Waals surface area contributed by atoms with E-state index < -0.39 is 97.5 Å². The van der Waals surface area contributed by atoms with Crippen LogP contribution >= 0.6 is 15.6 Å². The van der Waals surface area contributed by atoms with Crippen LogP contribution in [0.3, 0.4) is 0 Å². The van der Waals surface area contributed by atoms with Crippen LogP contribution in [0.2, 0.25) is 0 Å². The van der Waals surface area contributed by atoms with Gasteiger partial charge in [0.05, 0.1) is 26.4 Å². The number of aliphatic hydroxyl groups is 1. The maximum Gasteiger partial charge on any atom is 0.472 e. The third-order valence-electron chi connectivity index (χ3n) is 14.8. The Bertz CT molecular complexity index is 1620. The topological polar surface area (TPSA) is 237 Å². The zero-order valence-electron chi connectivity index (χ0n) is 53.0. The largest absolute Gasteiger partial charge is 0.472 e. The SMILES string of the molecule is [CH2-]CCCCCCCCCCCC(=O)OC[C@H](COP(=O)(O)OC[C@H](O)COP(=O)(O)OC[C@@H](COC(=O)CCCCCCCCCC[CH2-])OC(=O)CCCCCCCCCCCCCCCCC)OC(=O)CCCCCCCCCCC[CH2-]. The minimum absolute atomic E-state index is 0.0961. The van der Waals surface area contributed by atoms with Gasteiger partial charge in [0.2, 0.25) is 0 Å². The number of carbonyl (C=O) groups excluding carboxylic acids is 4. The second-order valence-corrected chi connectivity index (χ2v) is 26.0. The molecule has 5 atom stereocenters. The Balaban J connectivity index is 5.21. The summed E-state index contributed by atoms with van der Waals surface area (Å²) in [6, 6.07) is 0. The highest BCUT2D eigenvalue weighted by atomic mass is 31.2. The van der Waals surface area contributed by atoms with Crippen LogP contribution in [0, 0.1) is 20.8 Å². The molecule has 19 heteroatoms. The highest BCUT2D eigenvalue weighted by Gasteiger charge is 2.30. The molecule has 0 aliphatic carbocycles. The van der Waals surface area contributed by atoms with Gasteiger partial charge >= 0.3 is 39.5 Å². The minimum Gasteiger partial charge on any atom is -0.462 e. The molecule has 0 aliphatic heterocycles. The van der Waals surface area contributed by atoms with Crippen molar-refractivity contribution < 1.29 is 80.2 Å². The molecular weight excluding hydrogens is 1110 g/mol. The van der Waals surface area contributed by atoms with Crippen molar-refractivity contribution in [2.45, 2.75) is 333 Å². The van der Waals surface area contributed by atoms with E-state index in [1.165, 1.54) is 116 Å². The highest BCUT2D eigenvalue weighted by Crippen LogP contribution is 2.45. The van der Waals surface area contributed by atoms with Crippen LogP contribution in [-0.4, -0.2) is 96.7 Å². The van der Waals surface area contributed by atoms with Crippen LogP contribution in [0.15, 0.2) is 0 Å². The van der Waals surface area contributed by atoms with Gasteiger partial charge in [-0.2, -0.15) is 19.3 Å². The van der Waals surface area contributed by atoms with Crippen LogP contribution in [-0.2, 0) is 65.4 Å². The number of hydrogen-bond acceptors (Lipinski definition) is 15. The van der Waals surface area contributed by atoms with Gasteiger partial charge in [0.1, 0.15) is 19.3 Å². The predicted octanol–water partition coefficient (Wildman–Crippen LogP) is 17.8. The van der Waals surface area contributed by atoms with Crippen molar-refractivity contribution in [1.82, 2.24) is 0 Å². The molecule has 0 aromatic carbocycles. The summed E-state index contributed by atoms with van der Waals surface area (Å²) in [6.45, 7) is 9.89. The molecule has 3 N–H and O–H groups in total. The Hall–Kier alpha value is -1.94. The van der Waals surface area contributed by atoms with E-state index in [0.29, 0.717) is 25.7 Å². The average molecular weight is 1240 g/mol. The molecule has 0 saturated heterocycles. The van der Waals surface area contributed by atoms with E-state index >= 15 is 0 Å². The maximum atomic E-state index is 13.0. The summed E-state index contributed by atoms with van der Waals surface area (Å²) in [5.74, 6) is -2.16. The van der Waals surface area contributed by atoms with E-state index in [-0.39, 0.29) is 25.7 Å². The fraction of sp³-hybridized carbons (Fsp3) is 0.892. The van der Waals surface area contributed by atoms with Crippen LogP contribution in [0.25, 0.3) is 0 Å². The third-order valence-corrected chi connectivity index (χ3v) is 16.7. The van der Waals surface area contributed by atoms with Crippen molar-refractivity contribution in [3.8, 4) is 0 Å². The lowest BCUT2D eigenvalue weighted by Crippen LogP contribution is -2.30. The Morgan fingerprint density at radius 3 is 0.786 bits per heavy atom. The molecule has 0 aromatic rings. The van der Waals surface area contributed by atoms with E-state index in [2.05, 4.69) is 27.7 Å². The molecule has 17 nitrogen and oxygen atoms in total. The lowest BCUT2D eigenvalue weighted by molar-refractivity contribution is -0.161. The number of rotatable bonds is 66. The number of esters is 4. The first-order valence-corrected chi connectivity index (χ1v) is 36.7. The van der Waals surface area contributed by atoms with Crippen molar-refractivity contribution in [3.05, 3.63) is 20.8 Å². The van der Waals surface area contributed by atoms with Crippen molar-refractivity contribution in [3.63, 3.8) is 0 Å². The van der Waals surface area contributed by atoms with Gasteiger partial charge in [0, 0.05) is 25.7 Å². The lowest BCUT2D eigenvalue weighted by atomic mass is 10.0. The second-order valence-electron chi connectivity index (χ2n) is 23.1. The average Bonchev–Trinajstić information content (AvgIpc) is 3.64. The van der Waals surface area contributed by atoms with Crippen LogP contribution in [0.1, 0.15) is 315 Å². The van der Waals surface area contributed by atoms with Crippen molar-refractivity contribution in [2.75, 3.05) is 39.6 Å². The first kappa shape index (κ1) is 82.1. The summed E-state index contributed by atoms with van der Waals surface area (Å²) in [7, 11) is -9.90. The molecule has 2 unspecified atom stereocenters. The molecule has 0 amide bonds. The van der Waals surface area contributed by atoms with Crippen LogP contribution < -0.4 is 0 Å². The van der Waals surface area contributed by atoms with Crippen LogP contribution in [0.4, 0.5) is 0 Å². The molecule has 0 rings (SSSR count). The third kappa shape index (κ3) is 59.0. The number of unbranched alkanes of at least 4 members (excludes halogenated alkanes) is 40. The lowest BCUT2D eigenvalue weighted by Gasteiger charge is -2.21. The number of aliphatic hydroxyl groups excluding tert-OH is 1. The maximum absolute atomic E-state index is 13.0. The molecule has 0 aromatic heterocycles. The normalized spacial score (nSPS) is 14.1. The molecular formula is C65H123O17P2-3. The highest BCUT2D eigenvalue weighted by molar-refractivity contribution is 7.47. The molecule has 0 bridgehead atoms. The van der Waals surface area contributed by atoms with Crippen molar-refractivity contribution in [2.24, 2.45) is 0 Å². The van der Waals surface area contributed by atoms with Gasteiger partial charge < -0.3 is 54.6 Å². The fourth-order valence-corrected chi connectivity index (χ4v) is 11.2. The van der Waals surface area contributed by atoms with E-state index in [1.807, 2.05) is 0 Å². The van der Waals surface area contributed by atoms with Gasteiger partial charge in [0.15, 0.2) is 12.2 Å². The van der Waals surface area contributed by atoms with Gasteiger partial charge in [-0.3, -0.25) is 37.3 Å². The molecule has 498 valence electrons. The zero-order valence-corrected chi connectivity index (χ0v) is 54.8. The minimum atomic E-state index is -4.95. The monoisotopic (exact) mass is 1240 g/mol. The Morgan fingerprint density at radius 2 is 0.536 bits per heavy atom. The standard InChI is InChI=1S/C65H123O17P2/c1-5-9-13-17-21-25-28-29-30-31-32-36-40-44-48-52-65(70)82-60(55-75-62(67)49-45-41-37-33-24-20-16-12-8-4)57-79-83(71,72)77-53-59(66)54-78-84(73,74)80-58-61(81-64(69)51-47-43-39-35-27-23-19-15-11-7-3)56-76-63(68)50-46-42-38-34-26-22-18-14-10-6-2/h59-61,66H,2-58H2,1H3,(H,71,72)(H,73,74)/q-3/t59-,60-,61-/m1/s1. The second kappa shape index (κ2) is 60.0. The smallest absolute Gasteiger partial charge is 0.462 e. The molecule has 0 fully saturated rings. The number of carbonyl (C=O) groups is 4. The number of ether oxygens (including phenoxy) is 4. The Kier molecular flexibility index (Phi) is 58.6. The fourth-order valence-electron chi connectivity index (χ4n) is 9.59. The molecule has 0 heterocycles. The summed E-state index contributed by atoms with van der Waals surface area (Å²) in [5.41, 5.74) is 0. The van der Waals surface area contributed by atoms with E-state index in [4.69, 9.17) is 37.0 Å². The first-order chi connectivity index (χ1) is 40.7. The molecule has 84 heavy (non-hydrogen) atoms. The molecule has 0 saturated carbocycles. The van der Waals surface area contributed by atoms with Crippen molar-refractivity contribution >= 4 is 39.5 Å². The summed E-state index contributed by atoms with van der Waals surface area (Å²) < 4.78 is 67.9. The predicted molar refractivity (Wildman–Crippen MR) is 335 cm³/mol. The summed E-state index contributed by atoms with van der Waals surface area (Å²) in [6.07, 6.45) is 43.8. The van der Waals surface area contributed by atoms with Gasteiger partial charge in [-0.25, -0.2) is 9.13 Å². The van der Waals surface area contributed by atoms with Gasteiger partial charge in [-0.1, -0.05) is 244 Å². The van der Waals surface area contributed by atoms with Gasteiger partial charge in [0.25, 0.3) is 0 Å². The van der Waals surface area contributed by atoms with E-state index in [0.717, 1.165) is 141 Å². The number of phosphoric ester groups is 2. The molecule has 0 spiro atoms. The van der Waals surface area contributed by atoms with Gasteiger partial charge in [-0.05, 0) is 25.7 Å². The van der Waals surface area contributed by atoms with Crippen LogP contribution in [0.5, 0.6) is 0 Å². The molecule has 0 aliphatic rings. The zero-order chi connectivity index (χ0) is 61.9. The number of hydrogen-bond donors (Lipinski definition) is 3. The summed E-state index contributed by atoms with van der Waals surface area (Å²) >= 11 is 0. The van der Waals surface area contributed by atoms with Crippen molar-refractivity contribution in [1.29, 1.82) is 0 Å². The summed E-state index contributed by atoms with van der Waals surface area (Å²) in [5, 5.41) is 10.5. The van der Waals surface area contributed by atoms with Gasteiger partial charge in [-0.15, -0.1) is 0 Å². The van der Waals surface area contributed by atoms with E-state index in [1.54, 1.807) is 0 Å². The summed E-state index contributed by atoms with van der Waals surface area (Å²) in [4.78, 5) is 72.1. The Labute approximate surface area is 511 Å².